The highest BCUT2D eigenvalue weighted by molar-refractivity contribution is 7.89. The van der Waals surface area contributed by atoms with Crippen LogP contribution in [-0.4, -0.2) is 50.6 Å². The van der Waals surface area contributed by atoms with E-state index in [4.69, 9.17) is 14.2 Å². The Hall–Kier alpha value is -2.84. The molecule has 7 nitrogen and oxygen atoms in total. The van der Waals surface area contributed by atoms with Crippen molar-refractivity contribution in [3.63, 3.8) is 0 Å². The molecule has 0 spiro atoms. The first-order valence-corrected chi connectivity index (χ1v) is 13.0. The third kappa shape index (κ3) is 6.84. The minimum Gasteiger partial charge on any atom is -0.491 e. The van der Waals surface area contributed by atoms with Crippen LogP contribution >= 0.6 is 0 Å². The van der Waals surface area contributed by atoms with Gasteiger partial charge in [0.2, 0.25) is 10.0 Å². The van der Waals surface area contributed by atoms with Gasteiger partial charge in [-0.2, -0.15) is 4.31 Å². The van der Waals surface area contributed by atoms with Gasteiger partial charge in [0.25, 0.3) is 0 Å². The molecule has 1 fully saturated rings. The molecule has 1 heterocycles. The summed E-state index contributed by atoms with van der Waals surface area (Å²) < 4.78 is 44.4. The van der Waals surface area contributed by atoms with Crippen molar-refractivity contribution >= 4 is 22.1 Å². The quantitative estimate of drug-likeness (QED) is 0.380. The molecule has 0 bridgehead atoms. The second-order valence-electron chi connectivity index (χ2n) is 8.49. The van der Waals surface area contributed by atoms with Crippen molar-refractivity contribution in [2.45, 2.75) is 57.6 Å². The Morgan fingerprint density at radius 2 is 1.79 bits per heavy atom. The smallest absolute Gasteiger partial charge is 0.330 e. The van der Waals surface area contributed by atoms with E-state index in [2.05, 4.69) is 0 Å². The molecule has 0 aromatic heterocycles. The van der Waals surface area contributed by atoms with Gasteiger partial charge in [-0.15, -0.1) is 0 Å². The van der Waals surface area contributed by atoms with E-state index in [1.165, 1.54) is 10.4 Å². The van der Waals surface area contributed by atoms with E-state index >= 15 is 0 Å². The molecule has 3 rings (SSSR count). The Labute approximate surface area is 202 Å². The van der Waals surface area contributed by atoms with Crippen molar-refractivity contribution in [3.05, 3.63) is 59.7 Å². The molecular formula is C26H33NO6S. The van der Waals surface area contributed by atoms with Crippen molar-refractivity contribution in [1.82, 2.24) is 4.31 Å². The molecule has 34 heavy (non-hydrogen) atoms. The minimum atomic E-state index is -3.58. The molecule has 2 aromatic rings. The van der Waals surface area contributed by atoms with Gasteiger partial charge in [-0.3, -0.25) is 0 Å². The monoisotopic (exact) mass is 487 g/mol. The van der Waals surface area contributed by atoms with Crippen molar-refractivity contribution in [2.75, 3.05) is 19.7 Å². The molecular weight excluding hydrogens is 454 g/mol. The number of nitrogens with zero attached hydrogens (tertiary/aromatic N) is 1. The number of hydrogen-bond acceptors (Lipinski definition) is 6. The van der Waals surface area contributed by atoms with Crippen LogP contribution in [0.4, 0.5) is 0 Å². The fourth-order valence-electron chi connectivity index (χ4n) is 3.73. The molecule has 0 atom stereocenters. The summed E-state index contributed by atoms with van der Waals surface area (Å²) in [6, 6.07) is 12.3. The predicted molar refractivity (Wildman–Crippen MR) is 131 cm³/mol. The molecule has 184 valence electrons. The van der Waals surface area contributed by atoms with Crippen LogP contribution in [-0.2, 0) is 19.6 Å². The van der Waals surface area contributed by atoms with Gasteiger partial charge in [0.15, 0.2) is 0 Å². The number of piperidine rings is 1. The van der Waals surface area contributed by atoms with Gasteiger partial charge >= 0.3 is 5.97 Å². The second-order valence-corrected chi connectivity index (χ2v) is 10.4. The molecule has 1 aliphatic heterocycles. The minimum absolute atomic E-state index is 0.0242. The molecule has 8 heteroatoms. The maximum absolute atomic E-state index is 13.1. The first-order chi connectivity index (χ1) is 16.2. The molecule has 0 unspecified atom stereocenters. The van der Waals surface area contributed by atoms with E-state index in [1.807, 2.05) is 39.0 Å². The zero-order chi connectivity index (χ0) is 24.7. The number of carbonyl (C=O) groups excluding carboxylic acids is 1. The van der Waals surface area contributed by atoms with Gasteiger partial charge in [0.1, 0.15) is 17.6 Å². The van der Waals surface area contributed by atoms with Crippen LogP contribution < -0.4 is 9.47 Å². The third-order valence-electron chi connectivity index (χ3n) is 5.38. The van der Waals surface area contributed by atoms with Gasteiger partial charge in [0, 0.05) is 24.7 Å². The van der Waals surface area contributed by atoms with E-state index in [0.717, 1.165) is 11.1 Å². The zero-order valence-electron chi connectivity index (χ0n) is 20.2. The standard InChI is InChI=1S/C26H33NO6S/c1-5-31-26(28)13-7-21-18-20(4)6-12-25(21)33-23-14-16-27(17-15-23)34(29,30)24-10-8-22(9-11-24)32-19(2)3/h6-13,18-19,23H,5,14-17H2,1-4H3/b13-7+. The summed E-state index contributed by atoms with van der Waals surface area (Å²) >= 11 is 0. The number of ether oxygens (including phenoxy) is 3. The maximum Gasteiger partial charge on any atom is 0.330 e. The van der Waals surface area contributed by atoms with Crippen molar-refractivity contribution in [2.24, 2.45) is 0 Å². The van der Waals surface area contributed by atoms with Crippen LogP contribution in [0.5, 0.6) is 11.5 Å². The van der Waals surface area contributed by atoms with Gasteiger partial charge in [-0.1, -0.05) is 11.6 Å². The summed E-state index contributed by atoms with van der Waals surface area (Å²) in [4.78, 5) is 12.0. The van der Waals surface area contributed by atoms with Crippen LogP contribution in [0.3, 0.4) is 0 Å². The number of aryl methyl sites for hydroxylation is 1. The summed E-state index contributed by atoms with van der Waals surface area (Å²) in [6.07, 6.45) is 4.12. The number of carbonyl (C=O) groups is 1. The Kier molecular flexibility index (Phi) is 8.74. The topological polar surface area (TPSA) is 82.1 Å². The van der Waals surface area contributed by atoms with E-state index < -0.39 is 16.0 Å². The first kappa shape index (κ1) is 25.8. The highest BCUT2D eigenvalue weighted by Gasteiger charge is 2.30. The number of rotatable bonds is 9. The fraction of sp³-hybridized carbons (Fsp3) is 0.423. The largest absolute Gasteiger partial charge is 0.491 e. The van der Waals surface area contributed by atoms with Gasteiger partial charge < -0.3 is 14.2 Å². The average Bonchev–Trinajstić information content (AvgIpc) is 2.80. The van der Waals surface area contributed by atoms with Gasteiger partial charge in [-0.05, 0) is 83.0 Å². The molecule has 0 radical (unpaired) electrons. The lowest BCUT2D eigenvalue weighted by Crippen LogP contribution is -2.41. The first-order valence-electron chi connectivity index (χ1n) is 11.6. The number of hydrogen-bond donors (Lipinski definition) is 0. The lowest BCUT2D eigenvalue weighted by molar-refractivity contribution is -0.137. The Balaban J connectivity index is 1.63. The summed E-state index contributed by atoms with van der Waals surface area (Å²) in [5.41, 5.74) is 1.83. The van der Waals surface area contributed by atoms with E-state index in [0.29, 0.717) is 44.0 Å². The summed E-state index contributed by atoms with van der Waals surface area (Å²) in [5.74, 6) is 0.900. The second kappa shape index (κ2) is 11.5. The van der Waals surface area contributed by atoms with Crippen molar-refractivity contribution in [3.8, 4) is 11.5 Å². The molecule has 1 aliphatic rings. The van der Waals surface area contributed by atoms with Gasteiger partial charge in [0.05, 0.1) is 17.6 Å². The number of sulfonamides is 1. The Bertz CT molecular complexity index is 1100. The van der Waals surface area contributed by atoms with E-state index in [1.54, 1.807) is 37.3 Å². The lowest BCUT2D eigenvalue weighted by atomic mass is 10.1. The fourth-order valence-corrected chi connectivity index (χ4v) is 5.20. The number of esters is 1. The Morgan fingerprint density at radius 3 is 2.41 bits per heavy atom. The van der Waals surface area contributed by atoms with Crippen LogP contribution in [0.25, 0.3) is 6.08 Å². The molecule has 2 aromatic carbocycles. The average molecular weight is 488 g/mol. The SMILES string of the molecule is CCOC(=O)/C=C/c1cc(C)ccc1OC1CCN(S(=O)(=O)c2ccc(OC(C)C)cc2)CC1. The summed E-state index contributed by atoms with van der Waals surface area (Å²) in [6.45, 7) is 8.64. The predicted octanol–water partition coefficient (Wildman–Crippen LogP) is 4.59. The van der Waals surface area contributed by atoms with Gasteiger partial charge in [-0.25, -0.2) is 13.2 Å². The van der Waals surface area contributed by atoms with Crippen LogP contribution in [0.2, 0.25) is 0 Å². The molecule has 0 saturated carbocycles. The molecule has 0 amide bonds. The molecule has 1 saturated heterocycles. The number of benzene rings is 2. The summed E-state index contributed by atoms with van der Waals surface area (Å²) in [7, 11) is -3.58. The normalized spacial score (nSPS) is 15.6. The zero-order valence-corrected chi connectivity index (χ0v) is 21.0. The van der Waals surface area contributed by atoms with Crippen LogP contribution in [0.1, 0.15) is 44.7 Å². The van der Waals surface area contributed by atoms with Crippen molar-refractivity contribution in [1.29, 1.82) is 0 Å². The summed E-state index contributed by atoms with van der Waals surface area (Å²) in [5, 5.41) is 0. The van der Waals surface area contributed by atoms with Crippen molar-refractivity contribution < 1.29 is 27.4 Å². The van der Waals surface area contributed by atoms with Crippen LogP contribution in [0, 0.1) is 6.92 Å². The maximum atomic E-state index is 13.1. The highest BCUT2D eigenvalue weighted by Crippen LogP contribution is 2.28. The highest BCUT2D eigenvalue weighted by atomic mass is 32.2. The Morgan fingerprint density at radius 1 is 1.12 bits per heavy atom. The lowest BCUT2D eigenvalue weighted by Gasteiger charge is -2.31. The molecule has 0 aliphatic carbocycles. The van der Waals surface area contributed by atoms with Crippen LogP contribution in [0.15, 0.2) is 53.4 Å². The van der Waals surface area contributed by atoms with E-state index in [-0.39, 0.29) is 17.1 Å². The third-order valence-corrected chi connectivity index (χ3v) is 7.29. The molecule has 0 N–H and O–H groups in total. The van der Waals surface area contributed by atoms with E-state index in [9.17, 15) is 13.2 Å².